The fraction of sp³-hybridized carbons (Fsp3) is 0.722. The van der Waals surface area contributed by atoms with Crippen molar-refractivity contribution in [2.24, 2.45) is 0 Å². The van der Waals surface area contributed by atoms with E-state index in [1.807, 2.05) is 0 Å². The average Bonchev–Trinajstić information content (AvgIpc) is 2.43. The van der Waals surface area contributed by atoms with Crippen LogP contribution in [0.1, 0.15) is 71.1 Å². The van der Waals surface area contributed by atoms with Crippen LogP contribution in [0.4, 0.5) is 0 Å². The highest BCUT2D eigenvalue weighted by Crippen LogP contribution is 2.11. The number of unbranched alkanes of at least 4 members (excludes halogenated alkanes) is 8. The molecule has 128 valence electrons. The summed E-state index contributed by atoms with van der Waals surface area (Å²) < 4.78 is 0. The van der Waals surface area contributed by atoms with E-state index >= 15 is 0 Å². The van der Waals surface area contributed by atoms with Crippen molar-refractivity contribution >= 4 is 5.91 Å². The minimum absolute atomic E-state index is 0.0514. The summed E-state index contributed by atoms with van der Waals surface area (Å²) in [6.07, 6.45) is 11.3. The van der Waals surface area contributed by atoms with Gasteiger partial charge < -0.3 is 15.1 Å². The number of hydrogen-bond acceptors (Lipinski definition) is 3. The summed E-state index contributed by atoms with van der Waals surface area (Å²) in [6.45, 7) is 9.10. The monoisotopic (exact) mass is 311 g/mol. The lowest BCUT2D eigenvalue weighted by Crippen LogP contribution is -2.34. The van der Waals surface area contributed by atoms with Gasteiger partial charge >= 0.3 is 0 Å². The minimum atomic E-state index is -0.0818. The van der Waals surface area contributed by atoms with E-state index in [1.165, 1.54) is 49.8 Å². The van der Waals surface area contributed by atoms with Gasteiger partial charge in [-0.25, -0.2) is 0 Å². The molecular formula is C18H33NO3. The molecule has 0 aromatic rings. The molecule has 0 aromatic carbocycles. The van der Waals surface area contributed by atoms with Gasteiger partial charge in [-0.05, 0) is 6.42 Å². The van der Waals surface area contributed by atoms with E-state index in [2.05, 4.69) is 20.1 Å². The van der Waals surface area contributed by atoms with Gasteiger partial charge in [0.05, 0.1) is 13.1 Å². The second-order valence-electron chi connectivity index (χ2n) is 5.96. The molecule has 0 radical (unpaired) electrons. The molecule has 0 aliphatic heterocycles. The Balaban J connectivity index is 3.75. The molecule has 0 saturated carbocycles. The Morgan fingerprint density at radius 3 is 1.64 bits per heavy atom. The van der Waals surface area contributed by atoms with Gasteiger partial charge in [0.25, 0.3) is 0 Å². The van der Waals surface area contributed by atoms with Crippen LogP contribution < -0.4 is 0 Å². The molecule has 0 unspecified atom stereocenters. The summed E-state index contributed by atoms with van der Waals surface area (Å²) in [7, 11) is 0. The van der Waals surface area contributed by atoms with Crippen LogP contribution in [-0.4, -0.2) is 34.1 Å². The maximum absolute atomic E-state index is 12.0. The lowest BCUT2D eigenvalue weighted by molar-refractivity contribution is -0.131. The molecule has 0 atom stereocenters. The van der Waals surface area contributed by atoms with Crippen LogP contribution in [0.5, 0.6) is 0 Å². The van der Waals surface area contributed by atoms with Crippen molar-refractivity contribution in [3.05, 3.63) is 24.7 Å². The van der Waals surface area contributed by atoms with Crippen LogP contribution in [0.15, 0.2) is 24.7 Å². The number of carbonyl (C=O) groups excluding carboxylic acids is 1. The summed E-state index contributed by atoms with van der Waals surface area (Å²) in [5, 5.41) is 18.4. The normalized spacial score (nSPS) is 10.4. The smallest absolute Gasteiger partial charge is 0.223 e. The summed E-state index contributed by atoms with van der Waals surface area (Å²) in [5.41, 5.74) is 0. The van der Waals surface area contributed by atoms with E-state index in [9.17, 15) is 15.0 Å². The van der Waals surface area contributed by atoms with Crippen LogP contribution >= 0.6 is 0 Å². The highest BCUT2D eigenvalue weighted by Gasteiger charge is 2.14. The zero-order valence-electron chi connectivity index (χ0n) is 14.1. The molecule has 2 N–H and O–H groups in total. The average molecular weight is 311 g/mol. The predicted octanol–water partition coefficient (Wildman–Crippen LogP) is 4.88. The Hall–Kier alpha value is -1.45. The number of hydrogen-bond donors (Lipinski definition) is 2. The summed E-state index contributed by atoms with van der Waals surface area (Å²) >= 11 is 0. The maximum Gasteiger partial charge on any atom is 0.223 e. The first kappa shape index (κ1) is 20.6. The Bertz CT molecular complexity index is 323. The molecule has 0 heterocycles. The number of aliphatic hydroxyl groups is 2. The van der Waals surface area contributed by atoms with Crippen molar-refractivity contribution in [3.8, 4) is 0 Å². The van der Waals surface area contributed by atoms with Gasteiger partial charge in [-0.15, -0.1) is 0 Å². The third-order valence-electron chi connectivity index (χ3n) is 3.59. The lowest BCUT2D eigenvalue weighted by atomic mass is 10.1. The highest BCUT2D eigenvalue weighted by molar-refractivity contribution is 5.76. The Morgan fingerprint density at radius 1 is 0.818 bits per heavy atom. The van der Waals surface area contributed by atoms with E-state index in [4.69, 9.17) is 0 Å². The predicted molar refractivity (Wildman–Crippen MR) is 92.0 cm³/mol. The van der Waals surface area contributed by atoms with Crippen LogP contribution in [0, 0.1) is 0 Å². The van der Waals surface area contributed by atoms with Crippen LogP contribution in [-0.2, 0) is 4.79 Å². The van der Waals surface area contributed by atoms with Gasteiger partial charge in [-0.1, -0.05) is 71.4 Å². The molecule has 4 nitrogen and oxygen atoms in total. The van der Waals surface area contributed by atoms with Crippen LogP contribution in [0.3, 0.4) is 0 Å². The van der Waals surface area contributed by atoms with E-state index in [1.54, 1.807) is 0 Å². The maximum atomic E-state index is 12.0. The van der Waals surface area contributed by atoms with E-state index in [-0.39, 0.29) is 30.5 Å². The van der Waals surface area contributed by atoms with Crippen molar-refractivity contribution in [3.63, 3.8) is 0 Å². The number of carbonyl (C=O) groups is 1. The van der Waals surface area contributed by atoms with Gasteiger partial charge in [-0.2, -0.15) is 0 Å². The van der Waals surface area contributed by atoms with Gasteiger partial charge in [-0.3, -0.25) is 4.79 Å². The zero-order valence-corrected chi connectivity index (χ0v) is 14.1. The third kappa shape index (κ3) is 12.3. The SMILES string of the molecule is C=C(O)CN(CC(=C)O)C(=O)CCCCCCCCCCC. The van der Waals surface area contributed by atoms with Gasteiger partial charge in [0.2, 0.25) is 5.91 Å². The number of aliphatic hydroxyl groups excluding tert-OH is 2. The Kier molecular flexibility index (Phi) is 12.4. The summed E-state index contributed by atoms with van der Waals surface area (Å²) in [6, 6.07) is 0. The molecule has 0 aromatic heterocycles. The molecule has 22 heavy (non-hydrogen) atoms. The fourth-order valence-corrected chi connectivity index (χ4v) is 2.42. The zero-order chi connectivity index (χ0) is 16.8. The van der Waals surface area contributed by atoms with Gasteiger partial charge in [0.15, 0.2) is 0 Å². The number of rotatable bonds is 14. The first-order valence-corrected chi connectivity index (χ1v) is 8.48. The second-order valence-corrected chi connectivity index (χ2v) is 5.96. The molecule has 0 bridgehead atoms. The minimum Gasteiger partial charge on any atom is -0.511 e. The molecule has 0 aliphatic carbocycles. The number of nitrogens with zero attached hydrogens (tertiary/aromatic N) is 1. The molecule has 4 heteroatoms. The molecular weight excluding hydrogens is 278 g/mol. The lowest BCUT2D eigenvalue weighted by Gasteiger charge is -2.21. The summed E-state index contributed by atoms with van der Waals surface area (Å²) in [5.74, 6) is -0.239. The van der Waals surface area contributed by atoms with E-state index < -0.39 is 0 Å². The fourth-order valence-electron chi connectivity index (χ4n) is 2.42. The number of amides is 1. The molecule has 0 saturated heterocycles. The van der Waals surface area contributed by atoms with Crippen LogP contribution in [0.2, 0.25) is 0 Å². The molecule has 0 aliphatic rings. The Morgan fingerprint density at radius 2 is 1.23 bits per heavy atom. The first-order valence-electron chi connectivity index (χ1n) is 8.48. The van der Waals surface area contributed by atoms with Gasteiger partial charge in [0, 0.05) is 6.42 Å². The third-order valence-corrected chi connectivity index (χ3v) is 3.59. The van der Waals surface area contributed by atoms with Gasteiger partial charge in [0.1, 0.15) is 11.5 Å². The largest absolute Gasteiger partial charge is 0.511 e. The van der Waals surface area contributed by atoms with E-state index in [0.717, 1.165) is 12.8 Å². The highest BCUT2D eigenvalue weighted by atomic mass is 16.3. The quantitative estimate of drug-likeness (QED) is 0.355. The summed E-state index contributed by atoms with van der Waals surface area (Å²) in [4.78, 5) is 13.4. The molecule has 0 fully saturated rings. The first-order chi connectivity index (χ1) is 10.5. The van der Waals surface area contributed by atoms with Crippen molar-refractivity contribution < 1.29 is 15.0 Å². The van der Waals surface area contributed by atoms with Crippen molar-refractivity contribution in [2.45, 2.75) is 71.1 Å². The molecule has 0 rings (SSSR count). The van der Waals surface area contributed by atoms with Crippen LogP contribution in [0.25, 0.3) is 0 Å². The molecule has 0 spiro atoms. The standard InChI is InChI=1S/C18H33NO3/c1-4-5-6-7-8-9-10-11-12-13-18(22)19(14-16(2)20)15-17(3)21/h20-21H,2-15H2,1H3. The van der Waals surface area contributed by atoms with Crippen molar-refractivity contribution in [2.75, 3.05) is 13.1 Å². The van der Waals surface area contributed by atoms with Crippen molar-refractivity contribution in [1.29, 1.82) is 0 Å². The van der Waals surface area contributed by atoms with E-state index in [0.29, 0.717) is 6.42 Å². The Labute approximate surface area is 135 Å². The second kappa shape index (κ2) is 13.2. The topological polar surface area (TPSA) is 60.8 Å². The van der Waals surface area contributed by atoms with Crippen molar-refractivity contribution in [1.82, 2.24) is 4.90 Å². The molecule has 1 amide bonds.